The van der Waals surface area contributed by atoms with Gasteiger partial charge in [0, 0.05) is 0 Å². The Labute approximate surface area is 99.9 Å². The molecule has 4 heteroatoms. The fourth-order valence-corrected chi connectivity index (χ4v) is 2.59. The van der Waals surface area contributed by atoms with Gasteiger partial charge in [-0.15, -0.1) is 0 Å². The summed E-state index contributed by atoms with van der Waals surface area (Å²) in [6, 6.07) is 6.11. The molecule has 0 spiro atoms. The third-order valence-electron chi connectivity index (χ3n) is 2.71. The number of benzene rings is 1. The number of anilines is 1. The smallest absolute Gasteiger partial charge is 0.267 e. The molecule has 0 aromatic heterocycles. The summed E-state index contributed by atoms with van der Waals surface area (Å²) in [7, 11) is 0. The fourth-order valence-electron chi connectivity index (χ4n) is 1.92. The van der Waals surface area contributed by atoms with Crippen LogP contribution in [0.2, 0.25) is 0 Å². The van der Waals surface area contributed by atoms with Crippen LogP contribution < -0.4 is 5.01 Å². The lowest BCUT2D eigenvalue weighted by Gasteiger charge is -2.15. The van der Waals surface area contributed by atoms with Gasteiger partial charge in [-0.2, -0.15) is 0 Å². The zero-order valence-electron chi connectivity index (χ0n) is 9.56. The first-order valence-corrected chi connectivity index (χ1v) is 6.24. The minimum absolute atomic E-state index is 0.101. The highest BCUT2D eigenvalue weighted by atomic mass is 32.2. The quantitative estimate of drug-likeness (QED) is 0.579. The molecule has 2 rings (SSSR count). The molecule has 0 unspecified atom stereocenters. The van der Waals surface area contributed by atoms with Gasteiger partial charge >= 0.3 is 5.91 Å². The lowest BCUT2D eigenvalue weighted by Crippen LogP contribution is -2.31. The first-order valence-electron chi connectivity index (χ1n) is 5.30. The zero-order chi connectivity index (χ0) is 11.7. The number of hydrazone groups is 1. The van der Waals surface area contributed by atoms with Crippen molar-refractivity contribution in [2.75, 3.05) is 10.8 Å². The molecule has 16 heavy (non-hydrogen) atoms. The molecule has 1 fully saturated rings. The highest BCUT2D eigenvalue weighted by Gasteiger charge is 2.37. The number of carbonyl (C=O) groups excluding carboxylic acids is 1. The van der Waals surface area contributed by atoms with Crippen molar-refractivity contribution < 1.29 is 8.88 Å². The third-order valence-corrected chi connectivity index (χ3v) is 3.55. The van der Waals surface area contributed by atoms with Gasteiger partial charge in [0.05, 0.1) is 0 Å². The molecule has 0 saturated carbocycles. The standard InChI is InChI=1S/C12H15N2OS/c1-4-10-7-5-6-9(2)12(10)14-11(15)8-16-13(14)3/h5-7H,3-4,8H2,1-2H3/q+1. The van der Waals surface area contributed by atoms with E-state index in [-0.39, 0.29) is 5.91 Å². The summed E-state index contributed by atoms with van der Waals surface area (Å²) in [5.41, 5.74) is 3.29. The van der Waals surface area contributed by atoms with E-state index in [2.05, 4.69) is 19.7 Å². The van der Waals surface area contributed by atoms with Gasteiger partial charge in [0.1, 0.15) is 11.4 Å². The molecular weight excluding hydrogens is 220 g/mol. The molecular formula is C12H15N2OS+. The SMILES string of the molecule is C=[N+]1SCC(=O)N1c1c(C)cccc1CC. The average Bonchev–Trinajstić information content (AvgIpc) is 2.59. The van der Waals surface area contributed by atoms with Crippen molar-refractivity contribution >= 4 is 30.3 Å². The number of nitrogens with zero attached hydrogens (tertiary/aromatic N) is 2. The lowest BCUT2D eigenvalue weighted by atomic mass is 10.1. The Morgan fingerprint density at radius 1 is 1.56 bits per heavy atom. The van der Waals surface area contributed by atoms with Crippen LogP contribution in [0, 0.1) is 6.92 Å². The maximum absolute atomic E-state index is 11.8. The number of para-hydroxylation sites is 1. The Morgan fingerprint density at radius 3 is 2.88 bits per heavy atom. The highest BCUT2D eigenvalue weighted by molar-refractivity contribution is 7.94. The van der Waals surface area contributed by atoms with Gasteiger partial charge < -0.3 is 0 Å². The molecule has 1 heterocycles. The molecule has 0 radical (unpaired) electrons. The fraction of sp³-hybridized carbons (Fsp3) is 0.333. The van der Waals surface area contributed by atoms with E-state index in [1.54, 1.807) is 9.10 Å². The minimum atomic E-state index is 0.101. The highest BCUT2D eigenvalue weighted by Crippen LogP contribution is 2.31. The second-order valence-corrected chi connectivity index (χ2v) is 4.74. The van der Waals surface area contributed by atoms with E-state index >= 15 is 0 Å². The summed E-state index contributed by atoms with van der Waals surface area (Å²) in [5, 5.41) is 1.68. The molecule has 84 valence electrons. The van der Waals surface area contributed by atoms with E-state index < -0.39 is 0 Å². The van der Waals surface area contributed by atoms with Crippen molar-refractivity contribution in [3.8, 4) is 0 Å². The first kappa shape index (κ1) is 11.2. The number of hydrazine groups is 1. The number of hydrogen-bond acceptors (Lipinski definition) is 2. The Morgan fingerprint density at radius 2 is 2.31 bits per heavy atom. The summed E-state index contributed by atoms with van der Waals surface area (Å²) in [6.45, 7) is 7.99. The predicted molar refractivity (Wildman–Crippen MR) is 67.9 cm³/mol. The number of hydrogen-bond donors (Lipinski definition) is 0. The molecule has 1 saturated heterocycles. The monoisotopic (exact) mass is 235 g/mol. The van der Waals surface area contributed by atoms with E-state index in [1.165, 1.54) is 17.5 Å². The number of rotatable bonds is 2. The molecule has 0 bridgehead atoms. The van der Waals surface area contributed by atoms with Crippen LogP contribution in [0.3, 0.4) is 0 Å². The number of amides is 1. The summed E-state index contributed by atoms with van der Waals surface area (Å²) in [4.78, 5) is 11.8. The van der Waals surface area contributed by atoms with Gasteiger partial charge in [0.15, 0.2) is 6.72 Å². The Kier molecular flexibility index (Phi) is 3.01. The van der Waals surface area contributed by atoms with Crippen molar-refractivity contribution in [3.05, 3.63) is 29.3 Å². The van der Waals surface area contributed by atoms with Crippen LogP contribution >= 0.6 is 11.9 Å². The van der Waals surface area contributed by atoms with E-state index in [9.17, 15) is 4.79 Å². The van der Waals surface area contributed by atoms with Crippen LogP contribution in [0.1, 0.15) is 18.1 Å². The van der Waals surface area contributed by atoms with E-state index in [1.807, 2.05) is 19.1 Å². The van der Waals surface area contributed by atoms with E-state index in [4.69, 9.17) is 0 Å². The lowest BCUT2D eigenvalue weighted by molar-refractivity contribution is -0.337. The predicted octanol–water partition coefficient (Wildman–Crippen LogP) is 2.18. The molecule has 0 N–H and O–H groups in total. The first-order chi connectivity index (χ1) is 7.65. The minimum Gasteiger partial charge on any atom is -0.267 e. The van der Waals surface area contributed by atoms with Crippen LogP contribution in [0.5, 0.6) is 0 Å². The topological polar surface area (TPSA) is 23.3 Å². The molecule has 1 amide bonds. The number of aryl methyl sites for hydroxylation is 2. The average molecular weight is 235 g/mol. The van der Waals surface area contributed by atoms with Gasteiger partial charge in [-0.05, 0) is 28.6 Å². The maximum atomic E-state index is 11.8. The van der Waals surface area contributed by atoms with Crippen LogP contribution in [0.25, 0.3) is 0 Å². The van der Waals surface area contributed by atoms with Gasteiger partial charge in [-0.1, -0.05) is 30.1 Å². The maximum Gasteiger partial charge on any atom is 0.300 e. The molecule has 0 aliphatic carbocycles. The van der Waals surface area contributed by atoms with Gasteiger partial charge in [-0.25, -0.2) is 0 Å². The molecule has 1 aliphatic rings. The van der Waals surface area contributed by atoms with Crippen molar-refractivity contribution in [1.29, 1.82) is 0 Å². The van der Waals surface area contributed by atoms with Crippen molar-refractivity contribution in [3.63, 3.8) is 0 Å². The molecule has 1 aromatic carbocycles. The van der Waals surface area contributed by atoms with Crippen molar-refractivity contribution in [2.45, 2.75) is 20.3 Å². The van der Waals surface area contributed by atoms with Crippen molar-refractivity contribution in [1.82, 2.24) is 0 Å². The second kappa shape index (κ2) is 4.29. The van der Waals surface area contributed by atoms with Gasteiger partial charge in [-0.3, -0.25) is 4.79 Å². The van der Waals surface area contributed by atoms with Crippen molar-refractivity contribution in [2.24, 2.45) is 0 Å². The summed E-state index contributed by atoms with van der Waals surface area (Å²) < 4.78 is 1.67. The Hall–Kier alpha value is -1.29. The van der Waals surface area contributed by atoms with E-state index in [0.717, 1.165) is 17.7 Å². The normalized spacial score (nSPS) is 16.0. The molecule has 1 aromatic rings. The number of carbonyl (C=O) groups is 1. The second-order valence-electron chi connectivity index (χ2n) is 3.77. The largest absolute Gasteiger partial charge is 0.300 e. The summed E-state index contributed by atoms with van der Waals surface area (Å²) in [6.07, 6.45) is 0.916. The van der Waals surface area contributed by atoms with E-state index in [0.29, 0.717) is 5.75 Å². The van der Waals surface area contributed by atoms with Crippen LogP contribution in [0.15, 0.2) is 18.2 Å². The molecule has 3 nitrogen and oxygen atoms in total. The summed E-state index contributed by atoms with van der Waals surface area (Å²) >= 11 is 1.43. The van der Waals surface area contributed by atoms with Crippen LogP contribution in [-0.4, -0.2) is 22.5 Å². The Bertz CT molecular complexity index is 440. The zero-order valence-corrected chi connectivity index (χ0v) is 10.4. The van der Waals surface area contributed by atoms with Gasteiger partial charge in [0.25, 0.3) is 0 Å². The van der Waals surface area contributed by atoms with Crippen LogP contribution in [0.4, 0.5) is 5.69 Å². The van der Waals surface area contributed by atoms with Crippen LogP contribution in [-0.2, 0) is 11.2 Å². The summed E-state index contributed by atoms with van der Waals surface area (Å²) in [5.74, 6) is 0.574. The third kappa shape index (κ3) is 1.73. The molecule has 0 atom stereocenters. The molecule has 1 aliphatic heterocycles. The Balaban J connectivity index is 2.54. The van der Waals surface area contributed by atoms with Gasteiger partial charge in [0.2, 0.25) is 11.9 Å².